The predicted octanol–water partition coefficient (Wildman–Crippen LogP) is 3.85. The SMILES string of the molecule is OC(c1ccc2ccccc2n1)C1CCCCC1. The van der Waals surface area contributed by atoms with Crippen LogP contribution in [0.5, 0.6) is 0 Å². The second-order valence-electron chi connectivity index (χ2n) is 5.27. The van der Waals surface area contributed by atoms with Gasteiger partial charge in [-0.05, 0) is 30.9 Å². The van der Waals surface area contributed by atoms with Crippen molar-refractivity contribution in [3.05, 3.63) is 42.1 Å². The molecule has 18 heavy (non-hydrogen) atoms. The lowest BCUT2D eigenvalue weighted by Crippen LogP contribution is -2.16. The number of para-hydroxylation sites is 1. The van der Waals surface area contributed by atoms with E-state index in [2.05, 4.69) is 17.1 Å². The number of rotatable bonds is 2. The molecule has 2 aromatic rings. The summed E-state index contributed by atoms with van der Waals surface area (Å²) in [5.74, 6) is 0.396. The maximum Gasteiger partial charge on any atom is 0.0988 e. The first kappa shape index (κ1) is 11.7. The van der Waals surface area contributed by atoms with Crippen molar-refractivity contribution < 1.29 is 5.11 Å². The molecule has 0 spiro atoms. The normalized spacial score (nSPS) is 18.9. The van der Waals surface area contributed by atoms with E-state index in [0.29, 0.717) is 5.92 Å². The van der Waals surface area contributed by atoms with Gasteiger partial charge < -0.3 is 5.11 Å². The van der Waals surface area contributed by atoms with Crippen molar-refractivity contribution in [2.75, 3.05) is 0 Å². The quantitative estimate of drug-likeness (QED) is 0.866. The Morgan fingerprint density at radius 1 is 1.00 bits per heavy atom. The van der Waals surface area contributed by atoms with Crippen LogP contribution in [0.15, 0.2) is 36.4 Å². The highest BCUT2D eigenvalue weighted by molar-refractivity contribution is 5.78. The molecule has 2 nitrogen and oxygen atoms in total. The van der Waals surface area contributed by atoms with Crippen LogP contribution in [0.4, 0.5) is 0 Å². The van der Waals surface area contributed by atoms with Crippen LogP contribution >= 0.6 is 0 Å². The lowest BCUT2D eigenvalue weighted by molar-refractivity contribution is 0.0814. The van der Waals surface area contributed by atoms with Crippen LogP contribution in [0.3, 0.4) is 0 Å². The Bertz CT molecular complexity index is 531. The number of hydrogen-bond donors (Lipinski definition) is 1. The molecule has 1 saturated carbocycles. The third-order valence-corrected chi connectivity index (χ3v) is 4.02. The zero-order valence-electron chi connectivity index (χ0n) is 10.5. The highest BCUT2D eigenvalue weighted by atomic mass is 16.3. The molecule has 2 heteroatoms. The number of nitrogens with zero attached hydrogens (tertiary/aromatic N) is 1. The first-order chi connectivity index (χ1) is 8.84. The molecule has 1 aliphatic carbocycles. The second kappa shape index (κ2) is 5.07. The molecule has 1 aromatic carbocycles. The second-order valence-corrected chi connectivity index (χ2v) is 5.27. The van der Waals surface area contributed by atoms with Gasteiger partial charge in [-0.2, -0.15) is 0 Å². The first-order valence-electron chi connectivity index (χ1n) is 6.88. The summed E-state index contributed by atoms with van der Waals surface area (Å²) < 4.78 is 0. The van der Waals surface area contributed by atoms with Gasteiger partial charge in [0.15, 0.2) is 0 Å². The predicted molar refractivity (Wildman–Crippen MR) is 73.3 cm³/mol. The molecular formula is C16H19NO. The van der Waals surface area contributed by atoms with E-state index in [1.807, 2.05) is 24.3 Å². The van der Waals surface area contributed by atoms with Crippen molar-refractivity contribution in [2.24, 2.45) is 5.92 Å². The smallest absolute Gasteiger partial charge is 0.0988 e. The zero-order valence-corrected chi connectivity index (χ0v) is 10.5. The van der Waals surface area contributed by atoms with Gasteiger partial charge in [0.2, 0.25) is 0 Å². The standard InChI is InChI=1S/C16H19NO/c18-16(13-7-2-1-3-8-13)15-11-10-12-6-4-5-9-14(12)17-15/h4-6,9-11,13,16,18H,1-3,7-8H2. The lowest BCUT2D eigenvalue weighted by Gasteiger charge is -2.26. The van der Waals surface area contributed by atoms with Gasteiger partial charge in [-0.3, -0.25) is 4.98 Å². The van der Waals surface area contributed by atoms with Gasteiger partial charge in [0.1, 0.15) is 0 Å². The zero-order chi connectivity index (χ0) is 12.4. The molecule has 94 valence electrons. The van der Waals surface area contributed by atoms with Crippen LogP contribution in [0, 0.1) is 5.92 Å². The van der Waals surface area contributed by atoms with Gasteiger partial charge in [0.05, 0.1) is 17.3 Å². The van der Waals surface area contributed by atoms with E-state index >= 15 is 0 Å². The third-order valence-electron chi connectivity index (χ3n) is 4.02. The average Bonchev–Trinajstić information content (AvgIpc) is 2.47. The number of aliphatic hydroxyl groups is 1. The van der Waals surface area contributed by atoms with E-state index in [0.717, 1.165) is 29.4 Å². The van der Waals surface area contributed by atoms with Gasteiger partial charge in [-0.1, -0.05) is 43.5 Å². The summed E-state index contributed by atoms with van der Waals surface area (Å²) in [4.78, 5) is 4.60. The molecule has 0 aliphatic heterocycles. The fourth-order valence-electron chi connectivity index (χ4n) is 2.94. The van der Waals surface area contributed by atoms with Crippen molar-refractivity contribution in [3.8, 4) is 0 Å². The number of aliphatic hydroxyl groups excluding tert-OH is 1. The average molecular weight is 241 g/mol. The van der Waals surface area contributed by atoms with Crippen molar-refractivity contribution in [3.63, 3.8) is 0 Å². The molecule has 1 aliphatic rings. The summed E-state index contributed by atoms with van der Waals surface area (Å²) >= 11 is 0. The Hall–Kier alpha value is -1.41. The Morgan fingerprint density at radius 2 is 1.78 bits per heavy atom. The molecule has 0 saturated heterocycles. The minimum Gasteiger partial charge on any atom is -0.387 e. The maximum absolute atomic E-state index is 10.4. The summed E-state index contributed by atoms with van der Waals surface area (Å²) in [5.41, 5.74) is 1.81. The number of fused-ring (bicyclic) bond motifs is 1. The van der Waals surface area contributed by atoms with Gasteiger partial charge in [-0.15, -0.1) is 0 Å². The highest BCUT2D eigenvalue weighted by Gasteiger charge is 2.23. The van der Waals surface area contributed by atoms with Crippen LogP contribution in [0.2, 0.25) is 0 Å². The maximum atomic E-state index is 10.4. The summed E-state index contributed by atoms with van der Waals surface area (Å²) in [7, 11) is 0. The Labute approximate surface area is 108 Å². The number of benzene rings is 1. The van der Waals surface area contributed by atoms with E-state index in [9.17, 15) is 5.11 Å². The molecule has 1 fully saturated rings. The molecule has 0 bridgehead atoms. The van der Waals surface area contributed by atoms with Crippen molar-refractivity contribution in [2.45, 2.75) is 38.2 Å². The molecule has 0 amide bonds. The third kappa shape index (κ3) is 2.25. The van der Waals surface area contributed by atoms with E-state index in [1.165, 1.54) is 19.3 Å². The van der Waals surface area contributed by atoms with E-state index in [4.69, 9.17) is 0 Å². The monoisotopic (exact) mass is 241 g/mol. The minimum absolute atomic E-state index is 0.394. The largest absolute Gasteiger partial charge is 0.387 e. The summed E-state index contributed by atoms with van der Waals surface area (Å²) in [5, 5.41) is 11.6. The van der Waals surface area contributed by atoms with Gasteiger partial charge >= 0.3 is 0 Å². The van der Waals surface area contributed by atoms with Crippen LogP contribution in [0.25, 0.3) is 10.9 Å². The van der Waals surface area contributed by atoms with Crippen LogP contribution in [0.1, 0.15) is 43.9 Å². The summed E-state index contributed by atoms with van der Waals surface area (Å²) in [6.45, 7) is 0. The molecule has 1 atom stereocenters. The fourth-order valence-corrected chi connectivity index (χ4v) is 2.94. The van der Waals surface area contributed by atoms with Crippen LogP contribution in [-0.4, -0.2) is 10.1 Å². The topological polar surface area (TPSA) is 33.1 Å². The van der Waals surface area contributed by atoms with Crippen molar-refractivity contribution in [1.29, 1.82) is 0 Å². The Morgan fingerprint density at radius 3 is 2.61 bits per heavy atom. The summed E-state index contributed by atoms with van der Waals surface area (Å²) in [6, 6.07) is 12.1. The molecule has 1 heterocycles. The van der Waals surface area contributed by atoms with E-state index < -0.39 is 6.10 Å². The minimum atomic E-state index is -0.394. The van der Waals surface area contributed by atoms with Gasteiger partial charge in [-0.25, -0.2) is 0 Å². The van der Waals surface area contributed by atoms with Crippen molar-refractivity contribution in [1.82, 2.24) is 4.98 Å². The van der Waals surface area contributed by atoms with Crippen molar-refractivity contribution >= 4 is 10.9 Å². The highest BCUT2D eigenvalue weighted by Crippen LogP contribution is 2.34. The van der Waals surface area contributed by atoms with Crippen LogP contribution in [-0.2, 0) is 0 Å². The molecule has 3 rings (SSSR count). The van der Waals surface area contributed by atoms with Gasteiger partial charge in [0.25, 0.3) is 0 Å². The Balaban J connectivity index is 1.88. The van der Waals surface area contributed by atoms with Gasteiger partial charge in [0, 0.05) is 5.39 Å². The molecule has 1 aromatic heterocycles. The Kier molecular flexibility index (Phi) is 3.28. The number of pyridine rings is 1. The fraction of sp³-hybridized carbons (Fsp3) is 0.438. The van der Waals surface area contributed by atoms with E-state index in [-0.39, 0.29) is 0 Å². The lowest BCUT2D eigenvalue weighted by atomic mass is 9.84. The number of hydrogen-bond acceptors (Lipinski definition) is 2. The molecule has 0 radical (unpaired) electrons. The van der Waals surface area contributed by atoms with Crippen LogP contribution < -0.4 is 0 Å². The molecular weight excluding hydrogens is 222 g/mol. The van der Waals surface area contributed by atoms with E-state index in [1.54, 1.807) is 0 Å². The molecule has 1 unspecified atom stereocenters. The number of aromatic nitrogens is 1. The summed E-state index contributed by atoms with van der Waals surface area (Å²) in [6.07, 6.45) is 5.68. The first-order valence-corrected chi connectivity index (χ1v) is 6.88. The molecule has 1 N–H and O–H groups in total.